The van der Waals surface area contributed by atoms with Crippen molar-refractivity contribution in [3.63, 3.8) is 0 Å². The third-order valence-corrected chi connectivity index (χ3v) is 0.910. The van der Waals surface area contributed by atoms with Gasteiger partial charge in [0, 0.05) is 0 Å². The fraction of sp³-hybridized carbons (Fsp3) is 1.00. The highest BCUT2D eigenvalue weighted by molar-refractivity contribution is 4.51. The Bertz CT molecular complexity index is 88.2. The Kier molecular flexibility index (Phi) is 0.941. The minimum atomic E-state index is -0.694. The lowest BCUT2D eigenvalue weighted by molar-refractivity contribution is -0.599. The lowest BCUT2D eigenvalue weighted by Crippen LogP contribution is -2.33. The molecule has 7 heavy (non-hydrogen) atoms. The molecule has 1 fully saturated rings. The van der Waals surface area contributed by atoms with E-state index in [1.165, 1.54) is 0 Å². The number of nitrogens with zero attached hydrogens (tertiary/aromatic N) is 1. The number of hydrogen-bond acceptors (Lipinski definition) is 3. The molecule has 1 aliphatic heterocycles. The van der Waals surface area contributed by atoms with Crippen LogP contribution >= 0.6 is 0 Å². The van der Waals surface area contributed by atoms with Gasteiger partial charge in [-0.25, -0.2) is 0 Å². The fourth-order valence-corrected chi connectivity index (χ4v) is 0.390. The van der Waals surface area contributed by atoms with Gasteiger partial charge in [-0.05, 0) is 0 Å². The molecule has 0 bridgehead atoms. The second-order valence-corrected chi connectivity index (χ2v) is 1.40. The Morgan fingerprint density at radius 2 is 2.43 bits per heavy atom. The van der Waals surface area contributed by atoms with Gasteiger partial charge in [0.15, 0.2) is 0 Å². The van der Waals surface area contributed by atoms with Gasteiger partial charge in [0.1, 0.15) is 0 Å². The first kappa shape index (κ1) is 4.52. The van der Waals surface area contributed by atoms with Crippen molar-refractivity contribution in [2.45, 2.75) is 12.6 Å². The van der Waals surface area contributed by atoms with Gasteiger partial charge >= 0.3 is 6.23 Å². The van der Waals surface area contributed by atoms with Crippen LogP contribution in [0.4, 0.5) is 0 Å². The molecule has 0 saturated carbocycles. The zero-order valence-corrected chi connectivity index (χ0v) is 3.66. The molecular weight excluding hydrogens is 98.0 g/mol. The Labute approximate surface area is 40.2 Å². The van der Waals surface area contributed by atoms with Gasteiger partial charge in [-0.15, -0.1) is 0 Å². The van der Waals surface area contributed by atoms with Gasteiger partial charge in [0.25, 0.3) is 0 Å². The average Bonchev–Trinajstić information content (AvgIpc) is 1.23. The lowest BCUT2D eigenvalue weighted by Gasteiger charge is -2.16. The Balaban J connectivity index is 2.27. The van der Waals surface area contributed by atoms with Gasteiger partial charge in [-0.2, -0.15) is 0 Å². The standard InChI is InChI=1S/C3H5NO3/c5-4(6)3-1-2-7-3/h3H,1-2H2. The van der Waals surface area contributed by atoms with Crippen LogP contribution in [0.3, 0.4) is 0 Å². The molecule has 0 amide bonds. The summed E-state index contributed by atoms with van der Waals surface area (Å²) >= 11 is 0. The van der Waals surface area contributed by atoms with Crippen LogP contribution in [-0.2, 0) is 4.74 Å². The second kappa shape index (κ2) is 1.46. The Morgan fingerprint density at radius 1 is 1.86 bits per heavy atom. The molecule has 1 rings (SSSR count). The van der Waals surface area contributed by atoms with Crippen molar-refractivity contribution in [1.82, 2.24) is 0 Å². The zero-order valence-electron chi connectivity index (χ0n) is 3.66. The Morgan fingerprint density at radius 3 is 2.43 bits per heavy atom. The van der Waals surface area contributed by atoms with Crippen LogP contribution in [-0.4, -0.2) is 17.8 Å². The van der Waals surface area contributed by atoms with Crippen molar-refractivity contribution in [2.24, 2.45) is 0 Å². The largest absolute Gasteiger partial charge is 0.317 e. The van der Waals surface area contributed by atoms with Crippen LogP contribution in [0.15, 0.2) is 0 Å². The van der Waals surface area contributed by atoms with Crippen LogP contribution < -0.4 is 0 Å². The third-order valence-electron chi connectivity index (χ3n) is 0.910. The highest BCUT2D eigenvalue weighted by atomic mass is 16.7. The van der Waals surface area contributed by atoms with Gasteiger partial charge < -0.3 is 4.74 Å². The van der Waals surface area contributed by atoms with Crippen molar-refractivity contribution < 1.29 is 9.66 Å². The number of ether oxygens (including phenoxy) is 1. The van der Waals surface area contributed by atoms with E-state index in [9.17, 15) is 10.1 Å². The van der Waals surface area contributed by atoms with Gasteiger partial charge in [0.05, 0.1) is 18.0 Å². The number of nitro groups is 1. The van der Waals surface area contributed by atoms with E-state index >= 15 is 0 Å². The van der Waals surface area contributed by atoms with Gasteiger partial charge in [-0.1, -0.05) is 0 Å². The van der Waals surface area contributed by atoms with Gasteiger partial charge in [0.2, 0.25) is 0 Å². The van der Waals surface area contributed by atoms with Crippen molar-refractivity contribution in [2.75, 3.05) is 6.61 Å². The SMILES string of the molecule is O=[N+]([O-])C1CCO1. The maximum absolute atomic E-state index is 9.66. The van der Waals surface area contributed by atoms with Crippen LogP contribution in [0, 0.1) is 10.1 Å². The third kappa shape index (κ3) is 0.691. The predicted molar refractivity (Wildman–Crippen MR) is 21.4 cm³/mol. The summed E-state index contributed by atoms with van der Waals surface area (Å²) in [6.07, 6.45) is -0.118. The maximum atomic E-state index is 9.66. The molecule has 0 radical (unpaired) electrons. The summed E-state index contributed by atoms with van der Waals surface area (Å²) in [6.45, 7) is 0.547. The van der Waals surface area contributed by atoms with Gasteiger partial charge in [-0.3, -0.25) is 10.1 Å². The average molecular weight is 103 g/mol. The molecular formula is C3H5NO3. The molecule has 4 heteroatoms. The highest BCUT2D eigenvalue weighted by Gasteiger charge is 2.28. The smallest absolute Gasteiger partial charge is 0.317 e. The molecule has 0 aromatic heterocycles. The molecule has 4 nitrogen and oxygen atoms in total. The van der Waals surface area contributed by atoms with E-state index in [0.717, 1.165) is 0 Å². The summed E-state index contributed by atoms with van der Waals surface area (Å²) in [5.74, 6) is 0. The number of rotatable bonds is 1. The van der Waals surface area contributed by atoms with Crippen LogP contribution in [0.25, 0.3) is 0 Å². The van der Waals surface area contributed by atoms with E-state index < -0.39 is 11.2 Å². The first-order chi connectivity index (χ1) is 3.30. The number of hydrogen-bond donors (Lipinski definition) is 0. The van der Waals surface area contributed by atoms with E-state index in [0.29, 0.717) is 13.0 Å². The van der Waals surface area contributed by atoms with E-state index in [1.54, 1.807) is 0 Å². The molecule has 1 heterocycles. The zero-order chi connectivity index (χ0) is 5.28. The van der Waals surface area contributed by atoms with Crippen LogP contribution in [0.5, 0.6) is 0 Å². The molecule has 0 N–H and O–H groups in total. The van der Waals surface area contributed by atoms with E-state index in [4.69, 9.17) is 0 Å². The van der Waals surface area contributed by atoms with Crippen LogP contribution in [0.2, 0.25) is 0 Å². The molecule has 0 aromatic carbocycles. The minimum Gasteiger partial charge on any atom is -0.317 e. The first-order valence-corrected chi connectivity index (χ1v) is 2.06. The summed E-state index contributed by atoms with van der Waals surface area (Å²) in [6, 6.07) is 0. The summed E-state index contributed by atoms with van der Waals surface area (Å²) in [7, 11) is 0. The molecule has 1 saturated heterocycles. The maximum Gasteiger partial charge on any atom is 0.317 e. The predicted octanol–water partition coefficient (Wildman–Crippen LogP) is 0.00950. The topological polar surface area (TPSA) is 52.4 Å². The monoisotopic (exact) mass is 103 g/mol. The molecule has 0 aromatic rings. The normalized spacial score (nSPS) is 28.9. The summed E-state index contributed by atoms with van der Waals surface area (Å²) in [5, 5.41) is 9.66. The van der Waals surface area contributed by atoms with E-state index in [2.05, 4.69) is 4.74 Å². The van der Waals surface area contributed by atoms with Crippen molar-refractivity contribution in [1.29, 1.82) is 0 Å². The first-order valence-electron chi connectivity index (χ1n) is 2.06. The summed E-state index contributed by atoms with van der Waals surface area (Å²) in [5.41, 5.74) is 0. The van der Waals surface area contributed by atoms with Crippen LogP contribution in [0.1, 0.15) is 6.42 Å². The second-order valence-electron chi connectivity index (χ2n) is 1.40. The lowest BCUT2D eigenvalue weighted by atomic mass is 10.3. The Hall–Kier alpha value is -0.640. The summed E-state index contributed by atoms with van der Waals surface area (Å²) < 4.78 is 4.49. The quantitative estimate of drug-likeness (QED) is 0.347. The molecule has 1 atom stereocenters. The van der Waals surface area contributed by atoms with Crippen molar-refractivity contribution in [3.05, 3.63) is 10.1 Å². The van der Waals surface area contributed by atoms with E-state index in [-0.39, 0.29) is 0 Å². The highest BCUT2D eigenvalue weighted by Crippen LogP contribution is 2.09. The van der Waals surface area contributed by atoms with Crippen molar-refractivity contribution in [3.8, 4) is 0 Å². The molecule has 1 unspecified atom stereocenters. The molecule has 40 valence electrons. The fourth-order valence-electron chi connectivity index (χ4n) is 0.390. The molecule has 0 aliphatic carbocycles. The summed E-state index contributed by atoms with van der Waals surface area (Å²) in [4.78, 5) is 9.25. The molecule has 0 spiro atoms. The minimum absolute atomic E-state index is 0.413. The molecule has 1 aliphatic rings. The van der Waals surface area contributed by atoms with Crippen molar-refractivity contribution >= 4 is 0 Å². The van der Waals surface area contributed by atoms with E-state index in [1.807, 2.05) is 0 Å².